The molecule has 134 valence electrons. The fourth-order valence-corrected chi connectivity index (χ4v) is 3.38. The molecule has 0 aliphatic carbocycles. The van der Waals surface area contributed by atoms with Gasteiger partial charge in [0.25, 0.3) is 0 Å². The lowest BCUT2D eigenvalue weighted by molar-refractivity contribution is 0.0478. The van der Waals surface area contributed by atoms with Gasteiger partial charge in [0, 0.05) is 51.9 Å². The van der Waals surface area contributed by atoms with E-state index in [0.717, 1.165) is 64.0 Å². The number of nitrogens with zero attached hydrogens (tertiary/aromatic N) is 2. The predicted molar refractivity (Wildman–Crippen MR) is 95.0 cm³/mol. The van der Waals surface area contributed by atoms with Gasteiger partial charge in [-0.3, -0.25) is 9.80 Å². The zero-order valence-electron chi connectivity index (χ0n) is 14.8. The maximum absolute atomic E-state index is 5.87. The van der Waals surface area contributed by atoms with E-state index in [1.165, 1.54) is 12.8 Å². The van der Waals surface area contributed by atoms with Crippen LogP contribution >= 0.6 is 0 Å². The van der Waals surface area contributed by atoms with E-state index in [9.17, 15) is 0 Å². The highest BCUT2D eigenvalue weighted by molar-refractivity contribution is 5.32. The summed E-state index contributed by atoms with van der Waals surface area (Å²) in [4.78, 5) is 5.03. The smallest absolute Gasteiger partial charge is 0.123 e. The standard InChI is InChI=1S/C19H30N2O3/c1-2-22-17-5-3-6-18(15-17)24-14-12-20-8-10-21(11-9-20)16-19-7-4-13-23-19/h3,5-6,15,19H,2,4,7-14,16H2,1H3/t19-/m0/s1. The van der Waals surface area contributed by atoms with Gasteiger partial charge < -0.3 is 14.2 Å². The molecule has 2 fully saturated rings. The minimum Gasteiger partial charge on any atom is -0.494 e. The lowest BCUT2D eigenvalue weighted by atomic mass is 10.2. The summed E-state index contributed by atoms with van der Waals surface area (Å²) in [6, 6.07) is 7.89. The first-order valence-corrected chi connectivity index (χ1v) is 9.25. The molecular weight excluding hydrogens is 304 g/mol. The van der Waals surface area contributed by atoms with Gasteiger partial charge in [-0.05, 0) is 31.9 Å². The summed E-state index contributed by atoms with van der Waals surface area (Å²) in [7, 11) is 0. The molecule has 1 aromatic rings. The molecular formula is C19H30N2O3. The third kappa shape index (κ3) is 5.36. The minimum absolute atomic E-state index is 0.470. The molecule has 24 heavy (non-hydrogen) atoms. The van der Waals surface area contributed by atoms with Crippen molar-refractivity contribution in [1.29, 1.82) is 0 Å². The van der Waals surface area contributed by atoms with Crippen molar-refractivity contribution in [1.82, 2.24) is 9.80 Å². The van der Waals surface area contributed by atoms with Crippen LogP contribution in [0.15, 0.2) is 24.3 Å². The van der Waals surface area contributed by atoms with Crippen LogP contribution in [0.3, 0.4) is 0 Å². The Morgan fingerprint density at radius 3 is 2.54 bits per heavy atom. The van der Waals surface area contributed by atoms with E-state index in [2.05, 4.69) is 9.80 Å². The second-order valence-corrected chi connectivity index (χ2v) is 6.53. The van der Waals surface area contributed by atoms with Crippen molar-refractivity contribution in [3.63, 3.8) is 0 Å². The van der Waals surface area contributed by atoms with Gasteiger partial charge in [0.05, 0.1) is 12.7 Å². The number of rotatable bonds is 8. The molecule has 2 aliphatic rings. The van der Waals surface area contributed by atoms with E-state index in [1.807, 2.05) is 31.2 Å². The second-order valence-electron chi connectivity index (χ2n) is 6.53. The van der Waals surface area contributed by atoms with Crippen molar-refractivity contribution in [3.8, 4) is 11.5 Å². The van der Waals surface area contributed by atoms with Crippen LogP contribution in [-0.4, -0.2) is 75.0 Å². The molecule has 2 aliphatic heterocycles. The number of hydrogen-bond acceptors (Lipinski definition) is 5. The summed E-state index contributed by atoms with van der Waals surface area (Å²) in [6.07, 6.45) is 2.93. The van der Waals surface area contributed by atoms with Gasteiger partial charge in [-0.25, -0.2) is 0 Å². The molecule has 3 rings (SSSR count). The van der Waals surface area contributed by atoms with Crippen LogP contribution in [0.1, 0.15) is 19.8 Å². The molecule has 0 saturated carbocycles. The Kier molecular flexibility index (Phi) is 6.75. The van der Waals surface area contributed by atoms with Crippen LogP contribution in [-0.2, 0) is 4.74 Å². The fourth-order valence-electron chi connectivity index (χ4n) is 3.38. The highest BCUT2D eigenvalue weighted by Gasteiger charge is 2.22. The fraction of sp³-hybridized carbons (Fsp3) is 0.684. The molecule has 1 atom stereocenters. The van der Waals surface area contributed by atoms with E-state index >= 15 is 0 Å². The first-order chi connectivity index (χ1) is 11.8. The lowest BCUT2D eigenvalue weighted by Gasteiger charge is -2.35. The first-order valence-electron chi connectivity index (χ1n) is 9.25. The van der Waals surface area contributed by atoms with Crippen molar-refractivity contribution >= 4 is 0 Å². The highest BCUT2D eigenvalue weighted by atomic mass is 16.5. The van der Waals surface area contributed by atoms with Gasteiger partial charge in [0.15, 0.2) is 0 Å². The SMILES string of the molecule is CCOc1cccc(OCCN2CCN(C[C@@H]3CCCO3)CC2)c1. The van der Waals surface area contributed by atoms with Gasteiger partial charge in [0.2, 0.25) is 0 Å². The average molecular weight is 334 g/mol. The average Bonchev–Trinajstić information content (AvgIpc) is 3.10. The van der Waals surface area contributed by atoms with Crippen molar-refractivity contribution in [2.75, 3.05) is 59.1 Å². The number of ether oxygens (including phenoxy) is 3. The highest BCUT2D eigenvalue weighted by Crippen LogP contribution is 2.19. The maximum Gasteiger partial charge on any atom is 0.123 e. The van der Waals surface area contributed by atoms with Gasteiger partial charge in [0.1, 0.15) is 18.1 Å². The Hall–Kier alpha value is -1.30. The number of benzene rings is 1. The lowest BCUT2D eigenvalue weighted by Crippen LogP contribution is -2.49. The summed E-state index contributed by atoms with van der Waals surface area (Å²) >= 11 is 0. The number of hydrogen-bond donors (Lipinski definition) is 0. The van der Waals surface area contributed by atoms with Gasteiger partial charge in [-0.1, -0.05) is 6.07 Å². The Bertz CT molecular complexity index is 483. The zero-order valence-corrected chi connectivity index (χ0v) is 14.8. The van der Waals surface area contributed by atoms with Crippen LogP contribution < -0.4 is 9.47 Å². The van der Waals surface area contributed by atoms with Crippen LogP contribution in [0.2, 0.25) is 0 Å². The molecule has 5 heteroatoms. The molecule has 0 radical (unpaired) electrons. The summed E-state index contributed by atoms with van der Waals surface area (Å²) in [5.74, 6) is 1.76. The summed E-state index contributed by atoms with van der Waals surface area (Å²) in [6.45, 7) is 10.9. The molecule has 2 heterocycles. The Morgan fingerprint density at radius 1 is 1.08 bits per heavy atom. The second kappa shape index (κ2) is 9.25. The Morgan fingerprint density at radius 2 is 1.83 bits per heavy atom. The van der Waals surface area contributed by atoms with Gasteiger partial charge >= 0.3 is 0 Å². The number of piperazine rings is 1. The first kappa shape index (κ1) is 17.5. The molecule has 0 amide bonds. The van der Waals surface area contributed by atoms with Crippen LogP contribution in [0, 0.1) is 0 Å². The van der Waals surface area contributed by atoms with E-state index in [-0.39, 0.29) is 0 Å². The molecule has 5 nitrogen and oxygen atoms in total. The Labute approximate surface area is 145 Å². The Balaban J connectivity index is 1.32. The predicted octanol–water partition coefficient (Wildman–Crippen LogP) is 2.26. The van der Waals surface area contributed by atoms with E-state index in [0.29, 0.717) is 12.7 Å². The van der Waals surface area contributed by atoms with Crippen LogP contribution in [0.4, 0.5) is 0 Å². The topological polar surface area (TPSA) is 34.2 Å². The normalized spacial score (nSPS) is 22.6. The maximum atomic E-state index is 5.87. The molecule has 0 aromatic heterocycles. The molecule has 1 aromatic carbocycles. The minimum atomic E-state index is 0.470. The zero-order chi connectivity index (χ0) is 16.6. The third-order valence-electron chi connectivity index (χ3n) is 4.74. The molecule has 0 unspecified atom stereocenters. The summed E-state index contributed by atoms with van der Waals surface area (Å²) in [5.41, 5.74) is 0. The van der Waals surface area contributed by atoms with Gasteiger partial charge in [-0.15, -0.1) is 0 Å². The third-order valence-corrected chi connectivity index (χ3v) is 4.74. The molecule has 2 saturated heterocycles. The van der Waals surface area contributed by atoms with E-state index in [4.69, 9.17) is 14.2 Å². The van der Waals surface area contributed by atoms with Crippen LogP contribution in [0.5, 0.6) is 11.5 Å². The monoisotopic (exact) mass is 334 g/mol. The summed E-state index contributed by atoms with van der Waals surface area (Å²) < 4.78 is 17.1. The van der Waals surface area contributed by atoms with E-state index < -0.39 is 0 Å². The van der Waals surface area contributed by atoms with Crippen LogP contribution in [0.25, 0.3) is 0 Å². The van der Waals surface area contributed by atoms with E-state index in [1.54, 1.807) is 0 Å². The van der Waals surface area contributed by atoms with Crippen molar-refractivity contribution in [2.45, 2.75) is 25.9 Å². The van der Waals surface area contributed by atoms with Gasteiger partial charge in [-0.2, -0.15) is 0 Å². The molecule has 0 bridgehead atoms. The van der Waals surface area contributed by atoms with Crippen molar-refractivity contribution < 1.29 is 14.2 Å². The summed E-state index contributed by atoms with van der Waals surface area (Å²) in [5, 5.41) is 0. The molecule has 0 N–H and O–H groups in total. The van der Waals surface area contributed by atoms with Crippen molar-refractivity contribution in [2.24, 2.45) is 0 Å². The quantitative estimate of drug-likeness (QED) is 0.728. The molecule has 0 spiro atoms. The largest absolute Gasteiger partial charge is 0.494 e. The van der Waals surface area contributed by atoms with Crippen molar-refractivity contribution in [3.05, 3.63) is 24.3 Å².